The summed E-state index contributed by atoms with van der Waals surface area (Å²) in [5.41, 5.74) is 0. The Balaban J connectivity index is 1.45. The molecule has 3 nitrogen and oxygen atoms in total. The van der Waals surface area contributed by atoms with Crippen molar-refractivity contribution in [2.24, 2.45) is 11.8 Å². The highest BCUT2D eigenvalue weighted by atomic mass is 15.3. The summed E-state index contributed by atoms with van der Waals surface area (Å²) in [5, 5.41) is 3.58. The van der Waals surface area contributed by atoms with Gasteiger partial charge >= 0.3 is 0 Å². The van der Waals surface area contributed by atoms with Crippen LogP contribution in [0.3, 0.4) is 0 Å². The number of piperidine rings is 2. The lowest BCUT2D eigenvalue weighted by molar-refractivity contribution is 0.0116. The molecule has 0 spiro atoms. The van der Waals surface area contributed by atoms with Crippen LogP contribution in [-0.2, 0) is 0 Å². The van der Waals surface area contributed by atoms with Gasteiger partial charge in [0.2, 0.25) is 0 Å². The first kappa shape index (κ1) is 15.8. The van der Waals surface area contributed by atoms with E-state index in [9.17, 15) is 0 Å². The van der Waals surface area contributed by atoms with Gasteiger partial charge < -0.3 is 5.32 Å². The second kappa shape index (κ2) is 7.43. The summed E-state index contributed by atoms with van der Waals surface area (Å²) in [7, 11) is 0. The first-order chi connectivity index (χ1) is 10.2. The van der Waals surface area contributed by atoms with Gasteiger partial charge in [0, 0.05) is 25.2 Å². The van der Waals surface area contributed by atoms with E-state index in [1.807, 2.05) is 0 Å². The number of piperazine rings is 1. The lowest BCUT2D eigenvalue weighted by Gasteiger charge is -2.48. The van der Waals surface area contributed by atoms with Crippen molar-refractivity contribution in [2.75, 3.05) is 39.3 Å². The molecule has 0 aliphatic carbocycles. The fourth-order valence-corrected chi connectivity index (χ4v) is 4.69. The van der Waals surface area contributed by atoms with E-state index in [0.717, 1.165) is 23.9 Å². The average Bonchev–Trinajstić information content (AvgIpc) is 2.53. The number of hydrogen-bond acceptors (Lipinski definition) is 3. The minimum Gasteiger partial charge on any atom is -0.316 e. The smallest absolute Gasteiger partial charge is 0.0223 e. The Bertz CT molecular complexity index is 314. The SMILES string of the molecule is CC(CCN1CC2CCCCN2CC1C)C1CCCNC1. The van der Waals surface area contributed by atoms with Gasteiger partial charge in [0.25, 0.3) is 0 Å². The van der Waals surface area contributed by atoms with Gasteiger partial charge in [0.1, 0.15) is 0 Å². The molecule has 1 N–H and O–H groups in total. The van der Waals surface area contributed by atoms with Crippen molar-refractivity contribution < 1.29 is 0 Å². The highest BCUT2D eigenvalue weighted by Crippen LogP contribution is 2.26. The Morgan fingerprint density at radius 2 is 2.05 bits per heavy atom. The topological polar surface area (TPSA) is 18.5 Å². The third kappa shape index (κ3) is 4.00. The highest BCUT2D eigenvalue weighted by molar-refractivity contribution is 4.89. The van der Waals surface area contributed by atoms with Crippen molar-refractivity contribution in [1.82, 2.24) is 15.1 Å². The van der Waals surface area contributed by atoms with Crippen LogP contribution in [0.25, 0.3) is 0 Å². The fraction of sp³-hybridized carbons (Fsp3) is 1.00. The standard InChI is InChI=1S/C18H35N3/c1-15(17-6-5-9-19-12-17)8-11-20-14-18-7-3-4-10-21(18)13-16(20)2/h15-19H,3-14H2,1-2H3. The van der Waals surface area contributed by atoms with Crippen LogP contribution in [0.5, 0.6) is 0 Å². The van der Waals surface area contributed by atoms with E-state index in [1.54, 1.807) is 0 Å². The lowest BCUT2D eigenvalue weighted by Crippen LogP contribution is -2.58. The normalized spacial score (nSPS) is 37.1. The van der Waals surface area contributed by atoms with E-state index < -0.39 is 0 Å². The lowest BCUT2D eigenvalue weighted by atomic mass is 9.85. The maximum atomic E-state index is 3.58. The Labute approximate surface area is 131 Å². The van der Waals surface area contributed by atoms with Crippen molar-refractivity contribution in [3.05, 3.63) is 0 Å². The Morgan fingerprint density at radius 3 is 2.86 bits per heavy atom. The monoisotopic (exact) mass is 293 g/mol. The van der Waals surface area contributed by atoms with Crippen molar-refractivity contribution in [2.45, 2.75) is 64.5 Å². The summed E-state index contributed by atoms with van der Waals surface area (Å²) in [6.07, 6.45) is 8.53. The van der Waals surface area contributed by atoms with Gasteiger partial charge in [-0.25, -0.2) is 0 Å². The maximum absolute atomic E-state index is 3.58. The molecule has 0 radical (unpaired) electrons. The molecule has 3 fully saturated rings. The number of fused-ring (bicyclic) bond motifs is 1. The first-order valence-electron chi connectivity index (χ1n) is 9.43. The Morgan fingerprint density at radius 1 is 1.14 bits per heavy atom. The van der Waals surface area contributed by atoms with Crippen molar-refractivity contribution >= 4 is 0 Å². The maximum Gasteiger partial charge on any atom is 0.0223 e. The molecular formula is C18H35N3. The zero-order chi connectivity index (χ0) is 14.7. The summed E-state index contributed by atoms with van der Waals surface area (Å²) >= 11 is 0. The van der Waals surface area contributed by atoms with Crippen LogP contribution in [0.2, 0.25) is 0 Å². The van der Waals surface area contributed by atoms with E-state index in [-0.39, 0.29) is 0 Å². The molecule has 0 aromatic rings. The number of nitrogens with zero attached hydrogens (tertiary/aromatic N) is 2. The molecule has 122 valence electrons. The van der Waals surface area contributed by atoms with Gasteiger partial charge in [-0.2, -0.15) is 0 Å². The van der Waals surface area contributed by atoms with Crippen LogP contribution in [0.15, 0.2) is 0 Å². The summed E-state index contributed by atoms with van der Waals surface area (Å²) in [6, 6.07) is 1.62. The molecule has 21 heavy (non-hydrogen) atoms. The van der Waals surface area contributed by atoms with E-state index in [0.29, 0.717) is 0 Å². The number of nitrogens with one attached hydrogen (secondary N) is 1. The van der Waals surface area contributed by atoms with Gasteiger partial charge in [0.15, 0.2) is 0 Å². The van der Waals surface area contributed by atoms with E-state index in [4.69, 9.17) is 0 Å². The van der Waals surface area contributed by atoms with Gasteiger partial charge in [-0.15, -0.1) is 0 Å². The minimum absolute atomic E-state index is 0.760. The van der Waals surface area contributed by atoms with Crippen molar-refractivity contribution in [3.8, 4) is 0 Å². The summed E-state index contributed by atoms with van der Waals surface area (Å²) in [4.78, 5) is 5.55. The van der Waals surface area contributed by atoms with Crippen LogP contribution in [0.4, 0.5) is 0 Å². The van der Waals surface area contributed by atoms with Crippen LogP contribution in [0.1, 0.15) is 52.4 Å². The largest absolute Gasteiger partial charge is 0.316 e. The highest BCUT2D eigenvalue weighted by Gasteiger charge is 2.33. The molecule has 3 rings (SSSR count). The average molecular weight is 293 g/mol. The minimum atomic E-state index is 0.760. The fourth-order valence-electron chi connectivity index (χ4n) is 4.69. The molecule has 3 heterocycles. The van der Waals surface area contributed by atoms with E-state index in [2.05, 4.69) is 29.0 Å². The van der Waals surface area contributed by atoms with Crippen LogP contribution < -0.4 is 5.32 Å². The van der Waals surface area contributed by atoms with Gasteiger partial charge in [-0.1, -0.05) is 13.3 Å². The zero-order valence-electron chi connectivity index (χ0n) is 14.2. The van der Waals surface area contributed by atoms with Crippen molar-refractivity contribution in [1.29, 1.82) is 0 Å². The second-order valence-electron chi connectivity index (χ2n) is 7.86. The predicted octanol–water partition coefficient (Wildman–Crippen LogP) is 2.57. The molecule has 0 aromatic heterocycles. The van der Waals surface area contributed by atoms with Crippen molar-refractivity contribution in [3.63, 3.8) is 0 Å². The van der Waals surface area contributed by atoms with Crippen LogP contribution >= 0.6 is 0 Å². The van der Waals surface area contributed by atoms with E-state index >= 15 is 0 Å². The Hall–Kier alpha value is -0.120. The number of rotatable bonds is 4. The molecule has 3 aliphatic heterocycles. The molecule has 0 aromatic carbocycles. The van der Waals surface area contributed by atoms with Gasteiger partial charge in [0.05, 0.1) is 0 Å². The predicted molar refractivity (Wildman–Crippen MR) is 89.6 cm³/mol. The second-order valence-corrected chi connectivity index (χ2v) is 7.86. The summed E-state index contributed by atoms with van der Waals surface area (Å²) in [6.45, 7) is 12.7. The van der Waals surface area contributed by atoms with E-state index in [1.165, 1.54) is 77.8 Å². The molecule has 3 aliphatic rings. The molecule has 0 amide bonds. The third-order valence-corrected chi connectivity index (χ3v) is 6.33. The summed E-state index contributed by atoms with van der Waals surface area (Å²) < 4.78 is 0. The Kier molecular flexibility index (Phi) is 5.58. The first-order valence-corrected chi connectivity index (χ1v) is 9.43. The molecule has 3 saturated heterocycles. The molecule has 4 unspecified atom stereocenters. The van der Waals surface area contributed by atoms with Gasteiger partial charge in [-0.05, 0) is 77.0 Å². The molecule has 4 atom stereocenters. The number of hydrogen-bond donors (Lipinski definition) is 1. The zero-order valence-corrected chi connectivity index (χ0v) is 14.2. The van der Waals surface area contributed by atoms with Crippen LogP contribution in [-0.4, -0.2) is 61.2 Å². The molecule has 0 bridgehead atoms. The molecule has 3 heteroatoms. The molecule has 0 saturated carbocycles. The van der Waals surface area contributed by atoms with Crippen LogP contribution in [0, 0.1) is 11.8 Å². The third-order valence-electron chi connectivity index (χ3n) is 6.33. The quantitative estimate of drug-likeness (QED) is 0.859. The van der Waals surface area contributed by atoms with Gasteiger partial charge in [-0.3, -0.25) is 9.80 Å². The summed E-state index contributed by atoms with van der Waals surface area (Å²) in [5.74, 6) is 1.81. The molecular weight excluding hydrogens is 258 g/mol.